The molecular formula is C23H28N2O6S. The number of nitrogens with zero attached hydrogens (tertiary/aromatic N) is 1. The Bertz CT molecular complexity index is 964. The lowest BCUT2D eigenvalue weighted by molar-refractivity contribution is -0.118. The maximum Gasteiger partial charge on any atom is 0.341 e. The van der Waals surface area contributed by atoms with Crippen LogP contribution in [0.15, 0.2) is 24.3 Å². The lowest BCUT2D eigenvalue weighted by Gasteiger charge is -2.26. The van der Waals surface area contributed by atoms with Crippen molar-refractivity contribution in [2.75, 3.05) is 38.7 Å². The molecule has 172 valence electrons. The lowest BCUT2D eigenvalue weighted by Crippen LogP contribution is -2.35. The number of carbonyl (C=O) groups is 3. The lowest BCUT2D eigenvalue weighted by atomic mass is 10.1. The molecule has 2 heterocycles. The fourth-order valence-electron chi connectivity index (χ4n) is 3.48. The number of likely N-dealkylation sites (tertiary alicyclic amines) is 1. The number of carbonyl (C=O) groups excluding carboxylic acids is 3. The van der Waals surface area contributed by atoms with E-state index >= 15 is 0 Å². The van der Waals surface area contributed by atoms with Gasteiger partial charge in [0.1, 0.15) is 16.5 Å². The van der Waals surface area contributed by atoms with Crippen molar-refractivity contribution in [3.05, 3.63) is 40.3 Å². The van der Waals surface area contributed by atoms with Gasteiger partial charge in [0.2, 0.25) is 0 Å². The van der Waals surface area contributed by atoms with Crippen molar-refractivity contribution in [2.24, 2.45) is 0 Å². The number of hydrogen-bond acceptors (Lipinski definition) is 7. The molecule has 0 aliphatic carbocycles. The second kappa shape index (κ2) is 11.0. The minimum absolute atomic E-state index is 0.118. The number of nitrogens with one attached hydrogen (secondary N) is 1. The van der Waals surface area contributed by atoms with Crippen molar-refractivity contribution < 1.29 is 28.6 Å². The van der Waals surface area contributed by atoms with Crippen LogP contribution in [-0.4, -0.2) is 56.1 Å². The molecule has 1 aliphatic heterocycles. The van der Waals surface area contributed by atoms with Gasteiger partial charge in [-0.1, -0.05) is 0 Å². The molecule has 0 radical (unpaired) electrons. The fraction of sp³-hybridized carbons (Fsp3) is 0.435. The quantitative estimate of drug-likeness (QED) is 0.601. The summed E-state index contributed by atoms with van der Waals surface area (Å²) in [6.45, 7) is 4.76. The van der Waals surface area contributed by atoms with E-state index in [1.807, 2.05) is 0 Å². The van der Waals surface area contributed by atoms with E-state index in [-0.39, 0.29) is 24.7 Å². The van der Waals surface area contributed by atoms with Crippen LogP contribution in [0.1, 0.15) is 51.8 Å². The summed E-state index contributed by atoms with van der Waals surface area (Å²) in [6, 6.07) is 6.85. The number of benzene rings is 1. The Morgan fingerprint density at radius 3 is 2.34 bits per heavy atom. The molecule has 2 aromatic rings. The molecule has 1 aliphatic rings. The first-order valence-corrected chi connectivity index (χ1v) is 11.4. The van der Waals surface area contributed by atoms with Gasteiger partial charge in [0.25, 0.3) is 11.8 Å². The van der Waals surface area contributed by atoms with E-state index in [1.165, 1.54) is 0 Å². The Hall–Kier alpha value is -3.07. The molecule has 32 heavy (non-hydrogen) atoms. The predicted molar refractivity (Wildman–Crippen MR) is 122 cm³/mol. The number of anilines is 1. The minimum Gasteiger partial charge on any atom is -0.497 e. The van der Waals surface area contributed by atoms with Gasteiger partial charge in [-0.05, 0) is 62.9 Å². The first kappa shape index (κ1) is 23.6. The Balaban J connectivity index is 1.76. The van der Waals surface area contributed by atoms with Gasteiger partial charge in [-0.15, -0.1) is 11.3 Å². The van der Waals surface area contributed by atoms with Crippen molar-refractivity contribution >= 4 is 34.1 Å². The topological polar surface area (TPSA) is 94.2 Å². The van der Waals surface area contributed by atoms with Gasteiger partial charge in [-0.25, -0.2) is 4.79 Å². The fourth-order valence-corrected chi connectivity index (χ4v) is 4.66. The Morgan fingerprint density at radius 1 is 1.06 bits per heavy atom. The molecule has 1 aromatic carbocycles. The zero-order valence-corrected chi connectivity index (χ0v) is 19.4. The van der Waals surface area contributed by atoms with Crippen LogP contribution >= 0.6 is 11.3 Å². The molecule has 2 amide bonds. The molecule has 0 bridgehead atoms. The van der Waals surface area contributed by atoms with Gasteiger partial charge in [-0.3, -0.25) is 9.59 Å². The number of amides is 2. The molecule has 3 rings (SSSR count). The Labute approximate surface area is 191 Å². The van der Waals surface area contributed by atoms with Crippen LogP contribution in [0.3, 0.4) is 0 Å². The van der Waals surface area contributed by atoms with Gasteiger partial charge in [0, 0.05) is 13.1 Å². The molecular weight excluding hydrogens is 432 g/mol. The van der Waals surface area contributed by atoms with Crippen molar-refractivity contribution in [3.63, 3.8) is 0 Å². The summed E-state index contributed by atoms with van der Waals surface area (Å²) in [5, 5.41) is 3.02. The highest BCUT2D eigenvalue weighted by Gasteiger charge is 2.29. The summed E-state index contributed by atoms with van der Waals surface area (Å²) in [6.07, 6.45) is 3.04. The van der Waals surface area contributed by atoms with E-state index in [1.54, 1.807) is 50.1 Å². The van der Waals surface area contributed by atoms with Crippen LogP contribution in [0, 0.1) is 6.92 Å². The summed E-state index contributed by atoms with van der Waals surface area (Å²) >= 11 is 1.10. The zero-order chi connectivity index (χ0) is 23.1. The summed E-state index contributed by atoms with van der Waals surface area (Å²) < 4.78 is 15.8. The number of piperidine rings is 1. The highest BCUT2D eigenvalue weighted by molar-refractivity contribution is 7.18. The number of esters is 1. The Kier molecular flexibility index (Phi) is 8.10. The molecule has 1 fully saturated rings. The summed E-state index contributed by atoms with van der Waals surface area (Å²) in [7, 11) is 1.57. The average Bonchev–Trinajstić information content (AvgIpc) is 3.13. The first-order chi connectivity index (χ1) is 15.4. The van der Waals surface area contributed by atoms with Gasteiger partial charge in [0.15, 0.2) is 6.61 Å². The van der Waals surface area contributed by atoms with E-state index < -0.39 is 11.9 Å². The van der Waals surface area contributed by atoms with Crippen molar-refractivity contribution in [2.45, 2.75) is 33.1 Å². The second-order valence-electron chi connectivity index (χ2n) is 7.35. The van der Waals surface area contributed by atoms with Gasteiger partial charge in [0.05, 0.1) is 24.2 Å². The number of hydrogen-bond donors (Lipinski definition) is 1. The van der Waals surface area contributed by atoms with E-state index in [4.69, 9.17) is 14.2 Å². The van der Waals surface area contributed by atoms with Crippen molar-refractivity contribution in [1.29, 1.82) is 0 Å². The largest absolute Gasteiger partial charge is 0.497 e. The maximum atomic E-state index is 13.1. The van der Waals surface area contributed by atoms with E-state index in [0.29, 0.717) is 40.0 Å². The SMILES string of the molecule is CCOC(=O)c1c(NC(=O)COc2ccc(OC)cc2)sc(C(=O)N2CCCCC2)c1C. The molecule has 0 spiro atoms. The average molecular weight is 461 g/mol. The monoisotopic (exact) mass is 460 g/mol. The Morgan fingerprint density at radius 2 is 1.72 bits per heavy atom. The molecule has 9 heteroatoms. The van der Waals surface area contributed by atoms with Crippen LogP contribution in [0.5, 0.6) is 11.5 Å². The highest BCUT2D eigenvalue weighted by atomic mass is 32.1. The molecule has 1 aromatic heterocycles. The third kappa shape index (κ3) is 5.59. The number of rotatable bonds is 8. The van der Waals surface area contributed by atoms with Gasteiger partial charge in [-0.2, -0.15) is 0 Å². The van der Waals surface area contributed by atoms with Crippen LogP contribution in [0.2, 0.25) is 0 Å². The van der Waals surface area contributed by atoms with Crippen LogP contribution in [-0.2, 0) is 9.53 Å². The second-order valence-corrected chi connectivity index (χ2v) is 8.37. The van der Waals surface area contributed by atoms with Gasteiger partial charge < -0.3 is 24.4 Å². The third-order valence-electron chi connectivity index (χ3n) is 5.15. The summed E-state index contributed by atoms with van der Waals surface area (Å²) in [4.78, 5) is 40.4. The van der Waals surface area contributed by atoms with Crippen molar-refractivity contribution in [1.82, 2.24) is 4.90 Å². The molecule has 8 nitrogen and oxygen atoms in total. The van der Waals surface area contributed by atoms with Crippen LogP contribution in [0.25, 0.3) is 0 Å². The van der Waals surface area contributed by atoms with E-state index in [9.17, 15) is 14.4 Å². The maximum absolute atomic E-state index is 13.1. The molecule has 0 atom stereocenters. The van der Waals surface area contributed by atoms with E-state index in [2.05, 4.69) is 5.32 Å². The number of methoxy groups -OCH3 is 1. The minimum atomic E-state index is -0.565. The molecule has 1 saturated heterocycles. The van der Waals surface area contributed by atoms with E-state index in [0.717, 1.165) is 30.6 Å². The highest BCUT2D eigenvalue weighted by Crippen LogP contribution is 2.35. The molecule has 1 N–H and O–H groups in total. The first-order valence-electron chi connectivity index (χ1n) is 10.6. The predicted octanol–water partition coefficient (Wildman–Crippen LogP) is 3.89. The van der Waals surface area contributed by atoms with Crippen LogP contribution < -0.4 is 14.8 Å². The van der Waals surface area contributed by atoms with Crippen molar-refractivity contribution in [3.8, 4) is 11.5 Å². The third-order valence-corrected chi connectivity index (χ3v) is 6.34. The number of ether oxygens (including phenoxy) is 3. The summed E-state index contributed by atoms with van der Waals surface area (Å²) in [5.74, 6) is 0.0679. The molecule has 0 unspecified atom stereocenters. The molecule has 0 saturated carbocycles. The summed E-state index contributed by atoms with van der Waals surface area (Å²) in [5.41, 5.74) is 0.741. The standard InChI is InChI=1S/C23H28N2O6S/c1-4-30-23(28)19-15(2)20(22(27)25-12-6-5-7-13-25)32-21(19)24-18(26)14-31-17-10-8-16(29-3)9-11-17/h8-11H,4-7,12-14H2,1-3H3,(H,24,26). The zero-order valence-electron chi connectivity index (χ0n) is 18.6. The van der Waals surface area contributed by atoms with Crippen LogP contribution in [0.4, 0.5) is 5.00 Å². The van der Waals surface area contributed by atoms with Gasteiger partial charge >= 0.3 is 5.97 Å². The smallest absolute Gasteiger partial charge is 0.341 e. The normalized spacial score (nSPS) is 13.4. The number of thiophene rings is 1.